The number of aromatic amines is 1. The molecule has 0 saturated carbocycles. The van der Waals surface area contributed by atoms with Crippen molar-refractivity contribution in [3.8, 4) is 0 Å². The normalized spacial score (nSPS) is 12.6. The maximum absolute atomic E-state index is 12.1. The van der Waals surface area contributed by atoms with Gasteiger partial charge in [-0.15, -0.1) is 0 Å². The van der Waals surface area contributed by atoms with Crippen LogP contribution in [0.1, 0.15) is 43.2 Å². The Bertz CT molecular complexity index is 1100. The predicted molar refractivity (Wildman–Crippen MR) is 107 cm³/mol. The highest BCUT2D eigenvalue weighted by Gasteiger charge is 2.24. The molecule has 1 aromatic carbocycles. The van der Waals surface area contributed by atoms with Gasteiger partial charge in [-0.25, -0.2) is 15.0 Å². The number of oxazole rings is 1. The van der Waals surface area contributed by atoms with Crippen molar-refractivity contribution in [3.05, 3.63) is 48.2 Å². The van der Waals surface area contributed by atoms with E-state index in [0.717, 1.165) is 16.5 Å². The molecule has 0 spiro atoms. The molecule has 8 nitrogen and oxygen atoms in total. The number of hydrogen-bond acceptors (Lipinski definition) is 6. The Morgan fingerprint density at radius 2 is 2.07 bits per heavy atom. The number of aromatic nitrogens is 4. The number of nitrogens with zero attached hydrogens (tertiary/aromatic N) is 3. The van der Waals surface area contributed by atoms with Crippen molar-refractivity contribution in [2.24, 2.45) is 5.92 Å². The first-order valence-corrected chi connectivity index (χ1v) is 9.30. The molecule has 0 fully saturated rings. The number of hydrogen-bond donors (Lipinski definition) is 3. The third-order valence-electron chi connectivity index (χ3n) is 4.54. The zero-order valence-corrected chi connectivity index (χ0v) is 16.0. The van der Waals surface area contributed by atoms with Crippen LogP contribution >= 0.6 is 0 Å². The summed E-state index contributed by atoms with van der Waals surface area (Å²) in [5, 5.41) is 6.94. The Kier molecular flexibility index (Phi) is 4.68. The largest absolute Gasteiger partial charge is 0.438 e. The molecule has 8 heteroatoms. The van der Waals surface area contributed by atoms with E-state index in [2.05, 4.69) is 44.4 Å². The number of amides is 1. The molecule has 0 radical (unpaired) electrons. The van der Waals surface area contributed by atoms with Crippen LogP contribution in [0.15, 0.2) is 41.1 Å². The molecule has 0 saturated heterocycles. The molecule has 3 heterocycles. The van der Waals surface area contributed by atoms with Crippen LogP contribution in [-0.2, 0) is 0 Å². The van der Waals surface area contributed by atoms with Crippen molar-refractivity contribution < 1.29 is 9.21 Å². The van der Waals surface area contributed by atoms with Gasteiger partial charge in [0.1, 0.15) is 35.0 Å². The second-order valence-corrected chi connectivity index (χ2v) is 6.91. The third kappa shape index (κ3) is 3.28. The van der Waals surface area contributed by atoms with E-state index < -0.39 is 0 Å². The van der Waals surface area contributed by atoms with Gasteiger partial charge in [-0.05, 0) is 31.0 Å². The Balaban J connectivity index is 1.70. The lowest BCUT2D eigenvalue weighted by molar-refractivity contribution is 0.0951. The molecule has 4 rings (SSSR count). The number of rotatable bonds is 6. The second kappa shape index (κ2) is 7.30. The number of fused-ring (bicyclic) bond motifs is 2. The third-order valence-corrected chi connectivity index (χ3v) is 4.54. The average molecular weight is 378 g/mol. The summed E-state index contributed by atoms with van der Waals surface area (Å²) in [7, 11) is 0. The number of carbonyl (C=O) groups excluding carboxylic acids is 1. The molecule has 3 aromatic heterocycles. The van der Waals surface area contributed by atoms with Crippen molar-refractivity contribution in [1.29, 1.82) is 0 Å². The van der Waals surface area contributed by atoms with Crippen molar-refractivity contribution in [1.82, 2.24) is 25.3 Å². The van der Waals surface area contributed by atoms with E-state index in [0.29, 0.717) is 29.6 Å². The fraction of sp³-hybridized carbons (Fsp3) is 0.300. The molecule has 1 atom stereocenters. The maximum atomic E-state index is 12.1. The van der Waals surface area contributed by atoms with Gasteiger partial charge in [0.2, 0.25) is 5.89 Å². The van der Waals surface area contributed by atoms with Crippen molar-refractivity contribution in [3.63, 3.8) is 0 Å². The molecule has 0 bridgehead atoms. The molecule has 0 aliphatic rings. The SMILES string of the molecule is CCNC(=O)c1cc2c(N[C@@H](c3nc4ccccc4o3)C(C)C)ncnc2[nH]1. The van der Waals surface area contributed by atoms with E-state index >= 15 is 0 Å². The van der Waals surface area contributed by atoms with E-state index in [9.17, 15) is 4.79 Å². The lowest BCUT2D eigenvalue weighted by Crippen LogP contribution is -2.22. The molecule has 28 heavy (non-hydrogen) atoms. The number of para-hydroxylation sites is 2. The number of carbonyl (C=O) groups is 1. The minimum absolute atomic E-state index is 0.175. The minimum Gasteiger partial charge on any atom is -0.438 e. The van der Waals surface area contributed by atoms with Crippen LogP contribution in [0.2, 0.25) is 0 Å². The molecule has 0 aliphatic carbocycles. The van der Waals surface area contributed by atoms with Crippen molar-refractivity contribution in [2.75, 3.05) is 11.9 Å². The monoisotopic (exact) mass is 378 g/mol. The first-order valence-electron chi connectivity index (χ1n) is 9.30. The summed E-state index contributed by atoms with van der Waals surface area (Å²) >= 11 is 0. The Hall–Kier alpha value is -3.42. The topological polar surface area (TPSA) is 109 Å². The van der Waals surface area contributed by atoms with Gasteiger partial charge in [-0.2, -0.15) is 0 Å². The fourth-order valence-corrected chi connectivity index (χ4v) is 3.12. The smallest absolute Gasteiger partial charge is 0.267 e. The summed E-state index contributed by atoms with van der Waals surface area (Å²) in [5.41, 5.74) is 2.61. The highest BCUT2D eigenvalue weighted by molar-refractivity contribution is 5.99. The van der Waals surface area contributed by atoms with Crippen LogP contribution in [-0.4, -0.2) is 32.4 Å². The van der Waals surface area contributed by atoms with Gasteiger partial charge in [0.15, 0.2) is 5.58 Å². The zero-order valence-electron chi connectivity index (χ0n) is 16.0. The summed E-state index contributed by atoms with van der Waals surface area (Å²) in [6.45, 7) is 6.60. The van der Waals surface area contributed by atoms with Gasteiger partial charge >= 0.3 is 0 Å². The van der Waals surface area contributed by atoms with Gasteiger partial charge in [-0.1, -0.05) is 26.0 Å². The number of benzene rings is 1. The first-order chi connectivity index (χ1) is 13.6. The first kappa shape index (κ1) is 18.0. The van der Waals surface area contributed by atoms with E-state index in [-0.39, 0.29) is 17.9 Å². The molecule has 1 amide bonds. The molecular weight excluding hydrogens is 356 g/mol. The number of anilines is 1. The standard InChI is InChI=1S/C20H22N6O2/c1-4-21-19(27)14-9-12-17(24-14)22-10-23-18(12)26-16(11(2)3)20-25-13-7-5-6-8-15(13)28-20/h5-11,16H,4H2,1-3H3,(H,21,27)(H2,22,23,24,26)/t16-/m1/s1. The number of H-pyrrole nitrogens is 1. The highest BCUT2D eigenvalue weighted by atomic mass is 16.3. The summed E-state index contributed by atoms with van der Waals surface area (Å²) < 4.78 is 5.96. The van der Waals surface area contributed by atoms with Crippen molar-refractivity contribution >= 4 is 33.9 Å². The van der Waals surface area contributed by atoms with Gasteiger partial charge in [0, 0.05) is 6.54 Å². The van der Waals surface area contributed by atoms with Crippen LogP contribution in [0.4, 0.5) is 5.82 Å². The number of nitrogens with one attached hydrogen (secondary N) is 3. The Morgan fingerprint density at radius 1 is 1.25 bits per heavy atom. The molecule has 144 valence electrons. The molecule has 4 aromatic rings. The van der Waals surface area contributed by atoms with Gasteiger partial charge < -0.3 is 20.0 Å². The Morgan fingerprint density at radius 3 is 2.82 bits per heavy atom. The molecule has 0 aliphatic heterocycles. The van der Waals surface area contributed by atoms with Crippen LogP contribution in [0.25, 0.3) is 22.1 Å². The summed E-state index contributed by atoms with van der Waals surface area (Å²) in [4.78, 5) is 28.4. The highest BCUT2D eigenvalue weighted by Crippen LogP contribution is 2.30. The Labute approximate surface area is 161 Å². The van der Waals surface area contributed by atoms with E-state index in [1.54, 1.807) is 6.07 Å². The summed E-state index contributed by atoms with van der Waals surface area (Å²) in [6.07, 6.45) is 1.46. The molecular formula is C20H22N6O2. The van der Waals surface area contributed by atoms with E-state index in [4.69, 9.17) is 4.42 Å². The average Bonchev–Trinajstić information content (AvgIpc) is 3.30. The predicted octanol–water partition coefficient (Wildman–Crippen LogP) is 3.66. The lowest BCUT2D eigenvalue weighted by atomic mass is 10.0. The summed E-state index contributed by atoms with van der Waals surface area (Å²) in [5.74, 6) is 1.24. The van der Waals surface area contributed by atoms with Gasteiger partial charge in [0.25, 0.3) is 5.91 Å². The van der Waals surface area contributed by atoms with Gasteiger partial charge in [-0.3, -0.25) is 4.79 Å². The van der Waals surface area contributed by atoms with Crippen LogP contribution in [0.5, 0.6) is 0 Å². The van der Waals surface area contributed by atoms with Crippen LogP contribution in [0.3, 0.4) is 0 Å². The van der Waals surface area contributed by atoms with Crippen LogP contribution < -0.4 is 10.6 Å². The van der Waals surface area contributed by atoms with Crippen LogP contribution in [0, 0.1) is 5.92 Å². The van der Waals surface area contributed by atoms with Gasteiger partial charge in [0.05, 0.1) is 5.39 Å². The van der Waals surface area contributed by atoms with Crippen molar-refractivity contribution in [2.45, 2.75) is 26.8 Å². The molecule has 0 unspecified atom stereocenters. The fourth-order valence-electron chi connectivity index (χ4n) is 3.12. The quantitative estimate of drug-likeness (QED) is 0.472. The second-order valence-electron chi connectivity index (χ2n) is 6.91. The van der Waals surface area contributed by atoms with E-state index in [1.165, 1.54) is 6.33 Å². The minimum atomic E-state index is -0.187. The zero-order chi connectivity index (χ0) is 19.7. The molecule has 3 N–H and O–H groups in total. The summed E-state index contributed by atoms with van der Waals surface area (Å²) in [6, 6.07) is 9.25. The van der Waals surface area contributed by atoms with E-state index in [1.807, 2.05) is 31.2 Å². The lowest BCUT2D eigenvalue weighted by Gasteiger charge is -2.20. The maximum Gasteiger partial charge on any atom is 0.267 e.